The van der Waals surface area contributed by atoms with E-state index in [0.717, 1.165) is 21.2 Å². The minimum Gasteiger partial charge on any atom is -0.507 e. The highest BCUT2D eigenvalue weighted by atomic mass is 79.9. The fourth-order valence-electron chi connectivity index (χ4n) is 2.49. The predicted octanol–water partition coefficient (Wildman–Crippen LogP) is 4.52. The van der Waals surface area contributed by atoms with E-state index in [9.17, 15) is 9.90 Å². The van der Waals surface area contributed by atoms with Crippen LogP contribution in [0.25, 0.3) is 16.8 Å². The van der Waals surface area contributed by atoms with Gasteiger partial charge in [0, 0.05) is 16.7 Å². The number of phenolic OH excluding ortho intramolecular Hbond substituents is 1. The number of phenols is 1. The Labute approximate surface area is 152 Å². The van der Waals surface area contributed by atoms with Gasteiger partial charge in [0.1, 0.15) is 11.4 Å². The van der Waals surface area contributed by atoms with Crippen LogP contribution in [-0.4, -0.2) is 14.5 Å². The van der Waals surface area contributed by atoms with Crippen LogP contribution in [0.3, 0.4) is 0 Å². The summed E-state index contributed by atoms with van der Waals surface area (Å²) >= 11 is 9.70. The summed E-state index contributed by atoms with van der Waals surface area (Å²) in [6.45, 7) is 3.65. The Hall–Kier alpha value is -2.11. The summed E-state index contributed by atoms with van der Waals surface area (Å²) in [5.74, 6) is 0.274. The Balaban J connectivity index is 2.10. The third-order valence-corrected chi connectivity index (χ3v) is 4.45. The first kappa shape index (κ1) is 16.7. The van der Waals surface area contributed by atoms with Crippen LogP contribution >= 0.6 is 27.5 Å². The lowest BCUT2D eigenvalue weighted by Crippen LogP contribution is -2.14. The minimum absolute atomic E-state index is 0.207. The molecule has 0 atom stereocenters. The van der Waals surface area contributed by atoms with E-state index in [0.29, 0.717) is 16.4 Å². The Morgan fingerprint density at radius 1 is 1.25 bits per heavy atom. The fourth-order valence-corrected chi connectivity index (χ4v) is 3.05. The number of aromatic hydroxyl groups is 1. The highest BCUT2D eigenvalue weighted by Crippen LogP contribution is 2.26. The Bertz CT molecular complexity index is 1020. The molecule has 0 aliphatic carbocycles. The molecule has 0 radical (unpaired) electrons. The number of pyridine rings is 1. The molecule has 122 valence electrons. The van der Waals surface area contributed by atoms with Crippen LogP contribution in [0.1, 0.15) is 22.4 Å². The second kappa shape index (κ2) is 6.42. The molecule has 1 aromatic carbocycles. The molecule has 0 aliphatic heterocycles. The van der Waals surface area contributed by atoms with E-state index in [4.69, 9.17) is 11.6 Å². The molecule has 0 spiro atoms. The molecule has 2 aromatic heterocycles. The second-order valence-electron chi connectivity index (χ2n) is 5.55. The normalized spacial score (nSPS) is 11.9. The summed E-state index contributed by atoms with van der Waals surface area (Å²) < 4.78 is 2.25. The van der Waals surface area contributed by atoms with Gasteiger partial charge in [0.25, 0.3) is 5.56 Å². The molecule has 4 nitrogen and oxygen atoms in total. The second-order valence-corrected chi connectivity index (χ2v) is 6.87. The van der Waals surface area contributed by atoms with Crippen molar-refractivity contribution in [1.82, 2.24) is 9.38 Å². The number of rotatable bonds is 2. The first-order valence-corrected chi connectivity index (χ1v) is 8.39. The van der Waals surface area contributed by atoms with Crippen molar-refractivity contribution in [3.05, 3.63) is 73.7 Å². The molecule has 24 heavy (non-hydrogen) atoms. The van der Waals surface area contributed by atoms with Gasteiger partial charge in [0.05, 0.1) is 10.7 Å². The van der Waals surface area contributed by atoms with Gasteiger partial charge in [-0.3, -0.25) is 9.20 Å². The lowest BCUT2D eigenvalue weighted by Gasteiger charge is -2.06. The van der Waals surface area contributed by atoms with Gasteiger partial charge < -0.3 is 5.11 Å². The van der Waals surface area contributed by atoms with Crippen LogP contribution < -0.4 is 5.56 Å². The Kier molecular flexibility index (Phi) is 4.47. The van der Waals surface area contributed by atoms with Crippen LogP contribution in [0.5, 0.6) is 5.75 Å². The molecule has 0 aliphatic rings. The third kappa shape index (κ3) is 3.23. The van der Waals surface area contributed by atoms with Crippen molar-refractivity contribution in [2.75, 3.05) is 0 Å². The summed E-state index contributed by atoms with van der Waals surface area (Å²) in [4.78, 5) is 16.7. The van der Waals surface area contributed by atoms with Gasteiger partial charge in [0.2, 0.25) is 0 Å². The largest absolute Gasteiger partial charge is 0.507 e. The maximum atomic E-state index is 12.2. The molecule has 1 N–H and O–H groups in total. The van der Waals surface area contributed by atoms with Crippen molar-refractivity contribution >= 4 is 44.3 Å². The smallest absolute Gasteiger partial charge is 0.258 e. The molecular formula is C18H14BrClN2O2. The summed E-state index contributed by atoms with van der Waals surface area (Å²) in [6, 6.07) is 8.62. The van der Waals surface area contributed by atoms with Gasteiger partial charge in [-0.25, -0.2) is 4.98 Å². The van der Waals surface area contributed by atoms with Gasteiger partial charge >= 0.3 is 0 Å². The van der Waals surface area contributed by atoms with Crippen molar-refractivity contribution in [3.63, 3.8) is 0 Å². The number of benzene rings is 1. The molecule has 0 saturated heterocycles. The number of halogens is 2. The van der Waals surface area contributed by atoms with E-state index < -0.39 is 0 Å². The summed E-state index contributed by atoms with van der Waals surface area (Å²) in [5, 5.41) is 10.2. The van der Waals surface area contributed by atoms with E-state index in [2.05, 4.69) is 20.9 Å². The van der Waals surface area contributed by atoms with Gasteiger partial charge in [-0.1, -0.05) is 11.6 Å². The predicted molar refractivity (Wildman–Crippen MR) is 100 cm³/mol. The first-order valence-electron chi connectivity index (χ1n) is 7.22. The zero-order valence-corrected chi connectivity index (χ0v) is 15.4. The van der Waals surface area contributed by atoms with Crippen molar-refractivity contribution in [2.45, 2.75) is 13.8 Å². The average molecular weight is 406 g/mol. The molecule has 0 unspecified atom stereocenters. The maximum absolute atomic E-state index is 12.2. The van der Waals surface area contributed by atoms with Gasteiger partial charge in [-0.05, 0) is 76.8 Å². The zero-order valence-electron chi connectivity index (χ0n) is 13.0. The topological polar surface area (TPSA) is 54.6 Å². The number of aromatic nitrogens is 2. The molecule has 0 bridgehead atoms. The Morgan fingerprint density at radius 3 is 2.58 bits per heavy atom. The molecule has 0 amide bonds. The molecule has 3 aromatic rings. The van der Waals surface area contributed by atoms with Gasteiger partial charge in [-0.15, -0.1) is 0 Å². The van der Waals surface area contributed by atoms with Crippen molar-refractivity contribution < 1.29 is 5.11 Å². The lowest BCUT2D eigenvalue weighted by molar-refractivity contribution is 0.467. The van der Waals surface area contributed by atoms with Gasteiger partial charge in [-0.2, -0.15) is 0 Å². The third-order valence-electron chi connectivity index (χ3n) is 3.67. The van der Waals surface area contributed by atoms with E-state index >= 15 is 0 Å². The summed E-state index contributed by atoms with van der Waals surface area (Å²) in [6.07, 6.45) is 3.40. The van der Waals surface area contributed by atoms with Crippen LogP contribution in [0, 0.1) is 13.8 Å². The van der Waals surface area contributed by atoms with Crippen molar-refractivity contribution in [2.24, 2.45) is 0 Å². The molecule has 6 heteroatoms. The number of aryl methyl sites for hydroxylation is 2. The average Bonchev–Trinajstić information content (AvgIpc) is 2.53. The lowest BCUT2D eigenvalue weighted by atomic mass is 10.1. The first-order chi connectivity index (χ1) is 11.3. The number of hydrogen-bond donors (Lipinski definition) is 1. The standard InChI is InChI=1S/C18H14BrClN2O2/c1-10-5-12(6-11(2)18(10)24)7-14(20)15-8-17(23)22-9-13(19)3-4-16(22)21-15/h3-9,24H,1-2H3/b14-7-. The number of nitrogens with zero attached hydrogens (tertiary/aromatic N) is 2. The number of fused-ring (bicyclic) bond motifs is 1. The molecule has 0 fully saturated rings. The zero-order chi connectivity index (χ0) is 17.4. The number of hydrogen-bond acceptors (Lipinski definition) is 3. The van der Waals surface area contributed by atoms with E-state index in [1.165, 1.54) is 10.5 Å². The molecule has 2 heterocycles. The van der Waals surface area contributed by atoms with Crippen LogP contribution in [-0.2, 0) is 0 Å². The van der Waals surface area contributed by atoms with Gasteiger partial charge in [0.15, 0.2) is 0 Å². The van der Waals surface area contributed by atoms with E-state index in [1.54, 1.807) is 18.3 Å². The fraction of sp³-hybridized carbons (Fsp3) is 0.111. The SMILES string of the molecule is Cc1cc(/C=C(\Cl)c2cc(=O)n3cc(Br)ccc3n2)cc(C)c1O. The summed E-state index contributed by atoms with van der Waals surface area (Å²) in [5.41, 5.74) is 3.09. The van der Waals surface area contributed by atoms with Crippen LogP contribution in [0.15, 0.2) is 45.8 Å². The van der Waals surface area contributed by atoms with E-state index in [1.807, 2.05) is 32.0 Å². The molecule has 3 rings (SSSR count). The minimum atomic E-state index is -0.207. The van der Waals surface area contributed by atoms with Crippen LogP contribution in [0.2, 0.25) is 0 Å². The molecular weight excluding hydrogens is 392 g/mol. The highest BCUT2D eigenvalue weighted by Gasteiger charge is 2.08. The van der Waals surface area contributed by atoms with Crippen molar-refractivity contribution in [1.29, 1.82) is 0 Å². The maximum Gasteiger partial charge on any atom is 0.258 e. The van der Waals surface area contributed by atoms with E-state index in [-0.39, 0.29) is 11.3 Å². The Morgan fingerprint density at radius 2 is 1.92 bits per heavy atom. The summed E-state index contributed by atoms with van der Waals surface area (Å²) in [7, 11) is 0. The van der Waals surface area contributed by atoms with Crippen LogP contribution in [0.4, 0.5) is 0 Å². The highest BCUT2D eigenvalue weighted by molar-refractivity contribution is 9.10. The quantitative estimate of drug-likeness (QED) is 0.682. The monoisotopic (exact) mass is 404 g/mol. The molecule has 0 saturated carbocycles. The van der Waals surface area contributed by atoms with Crippen molar-refractivity contribution in [3.8, 4) is 5.75 Å².